The van der Waals surface area contributed by atoms with E-state index in [-0.39, 0.29) is 5.11 Å². The number of benzene rings is 1. The highest BCUT2D eigenvalue weighted by Gasteiger charge is 2.05. The third-order valence-corrected chi connectivity index (χ3v) is 2.52. The molecule has 0 spiro atoms. The smallest absolute Gasteiger partial charge is 0.189 e. The SMILES string of the molecule is Cc1cc(C)c(NC(=S)NNC(N)=S)c(C)c1. The van der Waals surface area contributed by atoms with E-state index in [1.54, 1.807) is 0 Å². The highest BCUT2D eigenvalue weighted by Crippen LogP contribution is 2.21. The number of hydrazine groups is 1. The third-order valence-electron chi connectivity index (χ3n) is 2.21. The molecule has 0 fully saturated rings. The summed E-state index contributed by atoms with van der Waals surface area (Å²) >= 11 is 9.77. The Balaban J connectivity index is 2.75. The van der Waals surface area contributed by atoms with Crippen LogP contribution in [0.25, 0.3) is 0 Å². The summed E-state index contributed by atoms with van der Waals surface area (Å²) in [7, 11) is 0. The van der Waals surface area contributed by atoms with Crippen LogP contribution in [0.15, 0.2) is 12.1 Å². The fraction of sp³-hybridized carbons (Fsp3) is 0.273. The third kappa shape index (κ3) is 4.16. The van der Waals surface area contributed by atoms with E-state index < -0.39 is 0 Å². The number of anilines is 1. The van der Waals surface area contributed by atoms with E-state index >= 15 is 0 Å². The Morgan fingerprint density at radius 3 is 2.06 bits per heavy atom. The van der Waals surface area contributed by atoms with Gasteiger partial charge in [0.05, 0.1) is 0 Å². The van der Waals surface area contributed by atoms with Crippen molar-refractivity contribution in [1.82, 2.24) is 10.9 Å². The second-order valence-corrected chi connectivity index (χ2v) is 4.69. The molecule has 0 saturated heterocycles. The van der Waals surface area contributed by atoms with Gasteiger partial charge < -0.3 is 11.1 Å². The van der Waals surface area contributed by atoms with E-state index in [9.17, 15) is 0 Å². The van der Waals surface area contributed by atoms with Gasteiger partial charge in [0.15, 0.2) is 10.2 Å². The average molecular weight is 268 g/mol. The Morgan fingerprint density at radius 2 is 1.59 bits per heavy atom. The second-order valence-electron chi connectivity index (χ2n) is 3.84. The average Bonchev–Trinajstić information content (AvgIpc) is 2.20. The molecule has 0 bridgehead atoms. The van der Waals surface area contributed by atoms with Crippen LogP contribution in [0.3, 0.4) is 0 Å². The van der Waals surface area contributed by atoms with Crippen LogP contribution < -0.4 is 21.9 Å². The molecule has 1 rings (SSSR count). The van der Waals surface area contributed by atoms with Gasteiger partial charge in [-0.15, -0.1) is 0 Å². The van der Waals surface area contributed by atoms with Crippen molar-refractivity contribution in [2.45, 2.75) is 20.8 Å². The molecule has 0 aliphatic rings. The maximum Gasteiger partial charge on any atom is 0.189 e. The lowest BCUT2D eigenvalue weighted by Crippen LogP contribution is -2.46. The summed E-state index contributed by atoms with van der Waals surface area (Å²) < 4.78 is 0. The second kappa shape index (κ2) is 5.79. The Kier molecular flexibility index (Phi) is 4.65. The van der Waals surface area contributed by atoms with Gasteiger partial charge in [-0.1, -0.05) is 17.7 Å². The molecule has 4 nitrogen and oxygen atoms in total. The number of nitrogens with two attached hydrogens (primary N) is 1. The van der Waals surface area contributed by atoms with Crippen molar-refractivity contribution < 1.29 is 0 Å². The summed E-state index contributed by atoms with van der Waals surface area (Å²) in [5.74, 6) is 0. The lowest BCUT2D eigenvalue weighted by atomic mass is 10.1. The van der Waals surface area contributed by atoms with Crippen LogP contribution in [-0.2, 0) is 0 Å². The Bertz CT molecular complexity index is 434. The minimum atomic E-state index is 0.145. The van der Waals surface area contributed by atoms with Gasteiger partial charge >= 0.3 is 0 Å². The number of aryl methyl sites for hydroxylation is 3. The van der Waals surface area contributed by atoms with Crippen LogP contribution in [0.4, 0.5) is 5.69 Å². The zero-order valence-electron chi connectivity index (χ0n) is 10.0. The van der Waals surface area contributed by atoms with Crippen LogP contribution in [0, 0.1) is 20.8 Å². The van der Waals surface area contributed by atoms with E-state index in [1.165, 1.54) is 5.56 Å². The van der Waals surface area contributed by atoms with Gasteiger partial charge in [0, 0.05) is 5.69 Å². The highest BCUT2D eigenvalue weighted by atomic mass is 32.1. The Labute approximate surface area is 112 Å². The monoisotopic (exact) mass is 268 g/mol. The highest BCUT2D eigenvalue weighted by molar-refractivity contribution is 7.80. The minimum Gasteiger partial charge on any atom is -0.375 e. The molecule has 0 saturated carbocycles. The van der Waals surface area contributed by atoms with Crippen molar-refractivity contribution >= 4 is 40.3 Å². The molecule has 0 atom stereocenters. The first kappa shape index (κ1) is 13.7. The molecule has 17 heavy (non-hydrogen) atoms. The zero-order chi connectivity index (χ0) is 13.0. The van der Waals surface area contributed by atoms with Crippen molar-refractivity contribution in [3.05, 3.63) is 28.8 Å². The van der Waals surface area contributed by atoms with Crippen LogP contribution >= 0.6 is 24.4 Å². The number of hydrogen-bond acceptors (Lipinski definition) is 2. The summed E-state index contributed by atoms with van der Waals surface area (Å²) in [6.07, 6.45) is 0. The summed E-state index contributed by atoms with van der Waals surface area (Å²) in [5, 5.41) is 3.67. The van der Waals surface area contributed by atoms with Gasteiger partial charge in [-0.3, -0.25) is 10.9 Å². The summed E-state index contributed by atoms with van der Waals surface area (Å²) in [6.45, 7) is 6.13. The van der Waals surface area contributed by atoms with Crippen LogP contribution in [-0.4, -0.2) is 10.2 Å². The molecule has 92 valence electrons. The predicted molar refractivity (Wildman–Crippen MR) is 79.9 cm³/mol. The first-order valence-electron chi connectivity index (χ1n) is 5.10. The van der Waals surface area contributed by atoms with Crippen LogP contribution in [0.1, 0.15) is 16.7 Å². The molecule has 0 aliphatic carbocycles. The van der Waals surface area contributed by atoms with Gasteiger partial charge in [-0.05, 0) is 56.3 Å². The molecular weight excluding hydrogens is 252 g/mol. The Hall–Kier alpha value is -1.40. The largest absolute Gasteiger partial charge is 0.375 e. The normalized spacial score (nSPS) is 9.59. The summed E-state index contributed by atoms with van der Waals surface area (Å²) in [5.41, 5.74) is 15.1. The summed E-state index contributed by atoms with van der Waals surface area (Å²) in [6, 6.07) is 4.19. The predicted octanol–water partition coefficient (Wildman–Crippen LogP) is 1.65. The van der Waals surface area contributed by atoms with E-state index in [1.807, 2.05) is 13.8 Å². The molecule has 0 radical (unpaired) electrons. The number of hydrogen-bond donors (Lipinski definition) is 4. The van der Waals surface area contributed by atoms with Crippen molar-refractivity contribution in [3.8, 4) is 0 Å². The first-order valence-corrected chi connectivity index (χ1v) is 5.92. The molecule has 1 aromatic rings. The molecule has 0 heterocycles. The lowest BCUT2D eigenvalue weighted by Gasteiger charge is -2.15. The van der Waals surface area contributed by atoms with Gasteiger partial charge in [0.2, 0.25) is 0 Å². The molecule has 5 N–H and O–H groups in total. The van der Waals surface area contributed by atoms with Gasteiger partial charge in [-0.2, -0.15) is 0 Å². The van der Waals surface area contributed by atoms with Gasteiger partial charge in [0.1, 0.15) is 0 Å². The molecule has 0 aromatic heterocycles. The fourth-order valence-electron chi connectivity index (χ4n) is 1.64. The van der Waals surface area contributed by atoms with E-state index in [4.69, 9.17) is 18.0 Å². The molecule has 6 heteroatoms. The van der Waals surface area contributed by atoms with Gasteiger partial charge in [0.25, 0.3) is 0 Å². The van der Waals surface area contributed by atoms with E-state index in [0.29, 0.717) is 5.11 Å². The van der Waals surface area contributed by atoms with Crippen molar-refractivity contribution in [1.29, 1.82) is 0 Å². The van der Waals surface area contributed by atoms with Crippen LogP contribution in [0.5, 0.6) is 0 Å². The topological polar surface area (TPSA) is 62.1 Å². The quantitative estimate of drug-likeness (QED) is 0.459. The van der Waals surface area contributed by atoms with Crippen LogP contribution in [0.2, 0.25) is 0 Å². The molecule has 0 unspecified atom stereocenters. The lowest BCUT2D eigenvalue weighted by molar-refractivity contribution is 0.879. The minimum absolute atomic E-state index is 0.145. The molecule has 1 aromatic carbocycles. The summed E-state index contributed by atoms with van der Waals surface area (Å²) in [4.78, 5) is 0. The molecule has 0 aliphatic heterocycles. The van der Waals surface area contributed by atoms with E-state index in [2.05, 4.69) is 47.4 Å². The fourth-order valence-corrected chi connectivity index (χ4v) is 1.84. The standard InChI is InChI=1S/C11H16N4S2/c1-6-4-7(2)9(8(3)5-6)13-11(17)15-14-10(12)16/h4-5H,1-3H3,(H3,12,14,16)(H2,13,15,17). The number of rotatable bonds is 1. The zero-order valence-corrected chi connectivity index (χ0v) is 11.7. The van der Waals surface area contributed by atoms with Gasteiger partial charge in [-0.25, -0.2) is 0 Å². The first-order chi connectivity index (χ1) is 7.90. The van der Waals surface area contributed by atoms with E-state index in [0.717, 1.165) is 16.8 Å². The molecular formula is C11H16N4S2. The van der Waals surface area contributed by atoms with Crippen molar-refractivity contribution in [2.24, 2.45) is 5.73 Å². The maximum absolute atomic E-state index is 5.28. The Morgan fingerprint density at radius 1 is 1.06 bits per heavy atom. The number of nitrogens with one attached hydrogen (secondary N) is 3. The van der Waals surface area contributed by atoms with Crippen molar-refractivity contribution in [2.75, 3.05) is 5.32 Å². The maximum atomic E-state index is 5.28. The van der Waals surface area contributed by atoms with Crippen molar-refractivity contribution in [3.63, 3.8) is 0 Å². The number of thiocarbonyl (C=S) groups is 2. The molecule has 0 amide bonds.